The van der Waals surface area contributed by atoms with Crippen molar-refractivity contribution in [3.63, 3.8) is 0 Å². The fourth-order valence-electron chi connectivity index (χ4n) is 3.88. The van der Waals surface area contributed by atoms with E-state index in [1.807, 2.05) is 66.7 Å². The molecule has 4 rings (SSSR count). The molecule has 0 bridgehead atoms. The Kier molecular flexibility index (Phi) is 8.95. The van der Waals surface area contributed by atoms with Gasteiger partial charge < -0.3 is 15.1 Å². The molecule has 0 unspecified atom stereocenters. The molecule has 172 valence electrons. The van der Waals surface area contributed by atoms with Crippen LogP contribution in [0.1, 0.15) is 16.7 Å². The van der Waals surface area contributed by atoms with Crippen LogP contribution < -0.4 is 10.2 Å². The van der Waals surface area contributed by atoms with E-state index in [2.05, 4.69) is 40.4 Å². The van der Waals surface area contributed by atoms with Gasteiger partial charge in [-0.2, -0.15) is 0 Å². The fraction of sp³-hybridized carbons (Fsp3) is 0.222. The number of benzene rings is 3. The third-order valence-corrected chi connectivity index (χ3v) is 6.03. The SMILES string of the molecule is CN1CCN(c2ccccc2C=C(C(=O)NCc2ccc(Cl)cc2)c2ccccc2)CC1.Cl. The van der Waals surface area contributed by atoms with Crippen molar-refractivity contribution in [1.29, 1.82) is 0 Å². The molecule has 1 amide bonds. The molecule has 0 aromatic heterocycles. The van der Waals surface area contributed by atoms with Gasteiger partial charge in [-0.25, -0.2) is 0 Å². The number of hydrogen-bond donors (Lipinski definition) is 1. The van der Waals surface area contributed by atoms with E-state index < -0.39 is 0 Å². The van der Waals surface area contributed by atoms with Gasteiger partial charge in [-0.15, -0.1) is 12.4 Å². The lowest BCUT2D eigenvalue weighted by Crippen LogP contribution is -2.44. The van der Waals surface area contributed by atoms with Gasteiger partial charge in [0.25, 0.3) is 5.91 Å². The van der Waals surface area contributed by atoms with Crippen LogP contribution in [0.5, 0.6) is 0 Å². The second-order valence-corrected chi connectivity index (χ2v) is 8.52. The van der Waals surface area contributed by atoms with E-state index in [1.165, 1.54) is 5.69 Å². The van der Waals surface area contributed by atoms with E-state index in [0.29, 0.717) is 17.1 Å². The Balaban J connectivity index is 0.00000306. The van der Waals surface area contributed by atoms with Gasteiger partial charge in [-0.05, 0) is 48.0 Å². The summed E-state index contributed by atoms with van der Waals surface area (Å²) < 4.78 is 0. The van der Waals surface area contributed by atoms with Crippen molar-refractivity contribution in [2.24, 2.45) is 0 Å². The van der Waals surface area contributed by atoms with Crippen LogP contribution in [-0.4, -0.2) is 44.0 Å². The van der Waals surface area contributed by atoms with E-state index in [0.717, 1.165) is 42.9 Å². The third-order valence-electron chi connectivity index (χ3n) is 5.78. The zero-order valence-corrected chi connectivity index (χ0v) is 20.3. The minimum atomic E-state index is -0.0978. The number of rotatable bonds is 6. The Morgan fingerprint density at radius 3 is 2.24 bits per heavy atom. The highest BCUT2D eigenvalue weighted by atomic mass is 35.5. The predicted molar refractivity (Wildman–Crippen MR) is 141 cm³/mol. The van der Waals surface area contributed by atoms with E-state index >= 15 is 0 Å². The molecule has 1 aliphatic heterocycles. The first kappa shape index (κ1) is 24.8. The molecule has 0 atom stereocenters. The average Bonchev–Trinajstić information content (AvgIpc) is 2.83. The smallest absolute Gasteiger partial charge is 0.252 e. The highest BCUT2D eigenvalue weighted by Gasteiger charge is 2.18. The molecule has 0 aliphatic carbocycles. The molecule has 1 fully saturated rings. The Morgan fingerprint density at radius 2 is 1.55 bits per heavy atom. The molecule has 3 aromatic rings. The number of carbonyl (C=O) groups excluding carboxylic acids is 1. The van der Waals surface area contributed by atoms with Gasteiger partial charge >= 0.3 is 0 Å². The summed E-state index contributed by atoms with van der Waals surface area (Å²) in [4.78, 5) is 18.0. The van der Waals surface area contributed by atoms with Crippen LogP contribution in [-0.2, 0) is 11.3 Å². The van der Waals surface area contributed by atoms with Crippen LogP contribution in [0.25, 0.3) is 11.6 Å². The maximum Gasteiger partial charge on any atom is 0.252 e. The lowest BCUT2D eigenvalue weighted by molar-refractivity contribution is -0.115. The second-order valence-electron chi connectivity index (χ2n) is 8.08. The number of para-hydroxylation sites is 1. The summed E-state index contributed by atoms with van der Waals surface area (Å²) in [7, 11) is 2.15. The summed E-state index contributed by atoms with van der Waals surface area (Å²) in [5, 5.41) is 3.76. The van der Waals surface area contributed by atoms with Crippen LogP contribution in [0.2, 0.25) is 5.02 Å². The number of nitrogens with zero attached hydrogens (tertiary/aromatic N) is 2. The first-order valence-electron chi connectivity index (χ1n) is 10.9. The quantitative estimate of drug-likeness (QED) is 0.379. The molecule has 0 radical (unpaired) electrons. The number of nitrogens with one attached hydrogen (secondary N) is 1. The minimum Gasteiger partial charge on any atom is -0.368 e. The molecule has 0 spiro atoms. The molecular formula is C27H29Cl2N3O. The van der Waals surface area contributed by atoms with E-state index in [9.17, 15) is 4.79 Å². The zero-order valence-electron chi connectivity index (χ0n) is 18.7. The lowest BCUT2D eigenvalue weighted by atomic mass is 10.0. The Morgan fingerprint density at radius 1 is 0.909 bits per heavy atom. The van der Waals surface area contributed by atoms with Crippen LogP contribution >= 0.6 is 24.0 Å². The molecule has 4 nitrogen and oxygen atoms in total. The molecule has 6 heteroatoms. The van der Waals surface area contributed by atoms with E-state index in [4.69, 9.17) is 11.6 Å². The molecule has 1 heterocycles. The van der Waals surface area contributed by atoms with Crippen LogP contribution in [0.15, 0.2) is 78.9 Å². The summed E-state index contributed by atoms with van der Waals surface area (Å²) in [5.74, 6) is -0.0978. The molecule has 1 saturated heterocycles. The third kappa shape index (κ3) is 6.61. The number of carbonyl (C=O) groups is 1. The molecule has 33 heavy (non-hydrogen) atoms. The number of hydrogen-bond acceptors (Lipinski definition) is 3. The zero-order chi connectivity index (χ0) is 22.3. The van der Waals surface area contributed by atoms with Crippen molar-refractivity contribution in [2.75, 3.05) is 38.1 Å². The maximum atomic E-state index is 13.3. The van der Waals surface area contributed by atoms with Gasteiger partial charge in [0.05, 0.1) is 0 Å². The summed E-state index contributed by atoms with van der Waals surface area (Å²) in [5.41, 5.74) is 4.78. The molecule has 1 N–H and O–H groups in total. The molecule has 1 aliphatic rings. The molecule has 0 saturated carbocycles. The van der Waals surface area contributed by atoms with Crippen LogP contribution in [0.4, 0.5) is 5.69 Å². The number of likely N-dealkylation sites (N-methyl/N-ethyl adjacent to an activating group) is 1. The van der Waals surface area contributed by atoms with Gasteiger partial charge in [0, 0.05) is 49.0 Å². The number of amides is 1. The van der Waals surface area contributed by atoms with Gasteiger partial charge in [-0.1, -0.05) is 72.3 Å². The summed E-state index contributed by atoms with van der Waals surface area (Å²) in [6, 6.07) is 25.7. The monoisotopic (exact) mass is 481 g/mol. The number of halogens is 2. The lowest BCUT2D eigenvalue weighted by Gasteiger charge is -2.35. The largest absolute Gasteiger partial charge is 0.368 e. The van der Waals surface area contributed by atoms with Crippen LogP contribution in [0.3, 0.4) is 0 Å². The van der Waals surface area contributed by atoms with Crippen molar-refractivity contribution in [2.45, 2.75) is 6.54 Å². The predicted octanol–water partition coefficient (Wildman–Crippen LogP) is 5.37. The van der Waals surface area contributed by atoms with Crippen molar-refractivity contribution >= 4 is 47.3 Å². The first-order valence-corrected chi connectivity index (χ1v) is 11.3. The first-order chi connectivity index (χ1) is 15.6. The van der Waals surface area contributed by atoms with Gasteiger partial charge in [0.15, 0.2) is 0 Å². The number of piperazine rings is 1. The van der Waals surface area contributed by atoms with Crippen LogP contribution in [0, 0.1) is 0 Å². The second kappa shape index (κ2) is 11.9. The molecular weight excluding hydrogens is 453 g/mol. The van der Waals surface area contributed by atoms with Gasteiger partial charge in [0.1, 0.15) is 0 Å². The highest BCUT2D eigenvalue weighted by molar-refractivity contribution is 6.30. The average molecular weight is 482 g/mol. The highest BCUT2D eigenvalue weighted by Crippen LogP contribution is 2.27. The summed E-state index contributed by atoms with van der Waals surface area (Å²) in [6.07, 6.45) is 2.01. The van der Waals surface area contributed by atoms with Gasteiger partial charge in [0.2, 0.25) is 0 Å². The fourth-order valence-corrected chi connectivity index (χ4v) is 4.00. The Labute approximate surface area is 207 Å². The van der Waals surface area contributed by atoms with Crippen molar-refractivity contribution in [3.05, 3.63) is 101 Å². The maximum absolute atomic E-state index is 13.3. The van der Waals surface area contributed by atoms with Crippen molar-refractivity contribution in [1.82, 2.24) is 10.2 Å². The van der Waals surface area contributed by atoms with Gasteiger partial charge in [-0.3, -0.25) is 4.79 Å². The standard InChI is InChI=1S/C27H28ClN3O.ClH/c1-30-15-17-31(18-16-30)26-10-6-5-9-23(26)19-25(22-7-3-2-4-8-22)27(32)29-20-21-11-13-24(28)14-12-21;/h2-14,19H,15-18,20H2,1H3,(H,29,32);1H. The topological polar surface area (TPSA) is 35.6 Å². The number of anilines is 1. The normalized spacial score (nSPS) is 14.5. The summed E-state index contributed by atoms with van der Waals surface area (Å²) in [6.45, 7) is 4.46. The van der Waals surface area contributed by atoms with Crippen molar-refractivity contribution in [3.8, 4) is 0 Å². The Bertz CT molecular complexity index is 1080. The Hall–Kier alpha value is -2.79. The van der Waals surface area contributed by atoms with E-state index in [-0.39, 0.29) is 18.3 Å². The van der Waals surface area contributed by atoms with E-state index in [1.54, 1.807) is 0 Å². The summed E-state index contributed by atoms with van der Waals surface area (Å²) >= 11 is 5.98. The van der Waals surface area contributed by atoms with Crippen molar-refractivity contribution < 1.29 is 4.79 Å². The molecule has 3 aromatic carbocycles. The minimum absolute atomic E-state index is 0.